The number of aryl methyl sites for hydroxylation is 1. The molecule has 0 bridgehead atoms. The fraction of sp³-hybridized carbons (Fsp3) is 0.667. The minimum absolute atomic E-state index is 0.0944. The van der Waals surface area contributed by atoms with E-state index in [1.165, 1.54) is 0 Å². The van der Waals surface area contributed by atoms with Crippen LogP contribution in [-0.2, 0) is 9.60 Å². The van der Waals surface area contributed by atoms with Gasteiger partial charge in [-0.15, -0.1) is 10.3 Å². The molecule has 0 fully saturated rings. The molecular formula is C18H32O2S. The second-order valence-corrected chi connectivity index (χ2v) is 11.7. The van der Waals surface area contributed by atoms with Crippen LogP contribution in [-0.4, -0.2) is 29.0 Å². The quantitative estimate of drug-likeness (QED) is 0.813. The molecule has 0 atom stereocenters. The highest BCUT2D eigenvalue weighted by Gasteiger charge is 2.31. The molecule has 1 aromatic rings. The van der Waals surface area contributed by atoms with Crippen LogP contribution in [0, 0.1) is 6.92 Å². The first-order chi connectivity index (χ1) is 9.38. The van der Waals surface area contributed by atoms with E-state index in [1.54, 1.807) is 6.07 Å². The van der Waals surface area contributed by atoms with Gasteiger partial charge in [-0.05, 0) is 42.9 Å². The van der Waals surface area contributed by atoms with Crippen LogP contribution in [0.15, 0.2) is 18.2 Å². The molecule has 2 nitrogen and oxygen atoms in total. The lowest BCUT2D eigenvalue weighted by molar-refractivity contribution is 0.291. The molecule has 1 N–H and O–H groups in total. The van der Waals surface area contributed by atoms with Gasteiger partial charge in [0.1, 0.15) is 5.75 Å². The highest BCUT2D eigenvalue weighted by molar-refractivity contribution is 8.29. The Balaban J connectivity index is 2.79. The molecule has 0 aliphatic rings. The second-order valence-electron chi connectivity index (χ2n) is 7.77. The summed E-state index contributed by atoms with van der Waals surface area (Å²) in [6, 6.07) is 5.73. The van der Waals surface area contributed by atoms with Gasteiger partial charge in [-0.25, -0.2) is 0 Å². The van der Waals surface area contributed by atoms with Crippen molar-refractivity contribution in [3.63, 3.8) is 0 Å². The van der Waals surface area contributed by atoms with E-state index in [9.17, 15) is 5.11 Å². The number of phenols is 1. The Labute approximate surface area is 132 Å². The van der Waals surface area contributed by atoms with Gasteiger partial charge in [0.15, 0.2) is 0 Å². The van der Waals surface area contributed by atoms with E-state index >= 15 is 0 Å². The lowest BCUT2D eigenvalue weighted by atomic mass is 9.79. The molecule has 0 spiro atoms. The zero-order valence-corrected chi connectivity index (χ0v) is 15.7. The summed E-state index contributed by atoms with van der Waals surface area (Å²) >= 11 is 0. The third-order valence-corrected chi connectivity index (χ3v) is 8.21. The number of benzene rings is 1. The van der Waals surface area contributed by atoms with Crippen LogP contribution in [0.5, 0.6) is 5.75 Å². The smallest absolute Gasteiger partial charge is 0.119 e. The molecule has 0 radical (unpaired) electrons. The Hall–Kier alpha value is -0.670. The summed E-state index contributed by atoms with van der Waals surface area (Å²) in [4.78, 5) is 0. The zero-order valence-electron chi connectivity index (χ0n) is 14.9. The highest BCUT2D eigenvalue weighted by atomic mass is 32.3. The van der Waals surface area contributed by atoms with E-state index in [0.29, 0.717) is 5.75 Å². The van der Waals surface area contributed by atoms with Gasteiger partial charge >= 0.3 is 0 Å². The van der Waals surface area contributed by atoms with Gasteiger partial charge in [-0.1, -0.05) is 46.8 Å². The number of hydrogen-bond acceptors (Lipinski definition) is 2. The fourth-order valence-electron chi connectivity index (χ4n) is 2.34. The van der Waals surface area contributed by atoms with Crippen molar-refractivity contribution in [2.24, 2.45) is 0 Å². The summed E-state index contributed by atoms with van der Waals surface area (Å²) in [5.74, 6) is 0.391. The highest BCUT2D eigenvalue weighted by Crippen LogP contribution is 2.54. The van der Waals surface area contributed by atoms with Crippen molar-refractivity contribution in [1.29, 1.82) is 0 Å². The molecule has 0 amide bonds. The van der Waals surface area contributed by atoms with Crippen LogP contribution in [0.3, 0.4) is 0 Å². The molecule has 0 aliphatic carbocycles. The largest absolute Gasteiger partial charge is 0.508 e. The first-order valence-corrected chi connectivity index (χ1v) is 9.92. The van der Waals surface area contributed by atoms with E-state index in [2.05, 4.69) is 60.1 Å². The fourth-order valence-corrected chi connectivity index (χ4v) is 3.19. The molecule has 0 aromatic heterocycles. The van der Waals surface area contributed by atoms with Gasteiger partial charge in [0, 0.05) is 10.3 Å². The maximum absolute atomic E-state index is 10.2. The monoisotopic (exact) mass is 312 g/mol. The Bertz CT molecular complexity index is 464. The summed E-state index contributed by atoms with van der Waals surface area (Å²) in [5.41, 5.74) is 2.09. The molecule has 1 rings (SSSR count). The molecule has 0 aliphatic heterocycles. The van der Waals surface area contributed by atoms with Crippen LogP contribution in [0.25, 0.3) is 0 Å². The summed E-state index contributed by atoms with van der Waals surface area (Å²) in [5, 5.41) is 10.2. The lowest BCUT2D eigenvalue weighted by Gasteiger charge is -2.44. The van der Waals surface area contributed by atoms with Crippen molar-refractivity contribution in [2.75, 3.05) is 19.1 Å². The average Bonchev–Trinajstić information content (AvgIpc) is 2.25. The third kappa shape index (κ3) is 4.40. The van der Waals surface area contributed by atoms with E-state index in [1.807, 2.05) is 6.07 Å². The Morgan fingerprint density at radius 2 is 1.67 bits per heavy atom. The third-order valence-electron chi connectivity index (χ3n) is 4.51. The minimum Gasteiger partial charge on any atom is -0.508 e. The molecule has 0 heterocycles. The minimum atomic E-state index is -1.09. The predicted octanol–water partition coefficient (Wildman–Crippen LogP) is 5.16. The van der Waals surface area contributed by atoms with Crippen LogP contribution >= 0.6 is 10.3 Å². The van der Waals surface area contributed by atoms with E-state index in [-0.39, 0.29) is 10.2 Å². The zero-order chi connectivity index (χ0) is 16.5. The topological polar surface area (TPSA) is 29.5 Å². The van der Waals surface area contributed by atoms with Gasteiger partial charge in [-0.2, -0.15) is 0 Å². The summed E-state index contributed by atoms with van der Waals surface area (Å²) in [6.45, 7) is 13.8. The van der Waals surface area contributed by atoms with Gasteiger partial charge in [0.05, 0.1) is 6.61 Å². The van der Waals surface area contributed by atoms with Crippen molar-refractivity contribution in [1.82, 2.24) is 0 Å². The SMILES string of the molecule is Cc1cccc(O)c1C(C)(C)CCOS(C)(C)C(C)(C)C. The summed E-state index contributed by atoms with van der Waals surface area (Å²) in [7, 11) is -1.09. The van der Waals surface area contributed by atoms with Gasteiger partial charge < -0.3 is 9.29 Å². The van der Waals surface area contributed by atoms with Crippen molar-refractivity contribution < 1.29 is 9.29 Å². The molecule has 3 heteroatoms. The normalized spacial score (nSPS) is 14.3. The number of phenolic OH excluding ortho intramolecular Hbond substituents is 1. The molecule has 0 saturated carbocycles. The summed E-state index contributed by atoms with van der Waals surface area (Å²) < 4.78 is 6.42. The van der Waals surface area contributed by atoms with Crippen molar-refractivity contribution in [3.8, 4) is 5.75 Å². The average molecular weight is 313 g/mol. The van der Waals surface area contributed by atoms with Gasteiger partial charge in [0.2, 0.25) is 0 Å². The van der Waals surface area contributed by atoms with Crippen LogP contribution in [0.2, 0.25) is 0 Å². The van der Waals surface area contributed by atoms with Crippen molar-refractivity contribution >= 4 is 10.3 Å². The Morgan fingerprint density at radius 1 is 1.10 bits per heavy atom. The number of hydrogen-bond donors (Lipinski definition) is 1. The Kier molecular flexibility index (Phi) is 5.44. The first-order valence-electron chi connectivity index (χ1n) is 7.55. The second kappa shape index (κ2) is 6.21. The molecular weight excluding hydrogens is 280 g/mol. The van der Waals surface area contributed by atoms with Crippen LogP contribution < -0.4 is 0 Å². The summed E-state index contributed by atoms with van der Waals surface area (Å²) in [6.07, 6.45) is 5.36. The molecule has 122 valence electrons. The predicted molar refractivity (Wildman–Crippen MR) is 95.6 cm³/mol. The standard InChI is InChI=1S/C18H32O2S/c1-14-10-9-11-15(19)16(14)18(5,6)12-13-20-21(7,8)17(2,3)4/h9-11,19H,12-13H2,1-8H3. The van der Waals surface area contributed by atoms with Crippen LogP contribution in [0.4, 0.5) is 0 Å². The Morgan fingerprint density at radius 3 is 2.14 bits per heavy atom. The van der Waals surface area contributed by atoms with Crippen LogP contribution in [0.1, 0.15) is 52.2 Å². The maximum Gasteiger partial charge on any atom is 0.119 e. The number of aromatic hydroxyl groups is 1. The van der Waals surface area contributed by atoms with E-state index in [0.717, 1.165) is 24.2 Å². The lowest BCUT2D eigenvalue weighted by Crippen LogP contribution is -2.27. The molecule has 0 saturated heterocycles. The van der Waals surface area contributed by atoms with E-state index < -0.39 is 10.3 Å². The first kappa shape index (κ1) is 18.4. The molecule has 0 unspecified atom stereocenters. The van der Waals surface area contributed by atoms with Crippen molar-refractivity contribution in [2.45, 2.75) is 58.1 Å². The van der Waals surface area contributed by atoms with Gasteiger partial charge in [-0.3, -0.25) is 0 Å². The number of rotatable bonds is 5. The van der Waals surface area contributed by atoms with E-state index in [4.69, 9.17) is 4.18 Å². The van der Waals surface area contributed by atoms with Gasteiger partial charge in [0.25, 0.3) is 0 Å². The molecule has 1 aromatic carbocycles. The molecule has 21 heavy (non-hydrogen) atoms. The van der Waals surface area contributed by atoms with Crippen molar-refractivity contribution in [3.05, 3.63) is 29.3 Å². The maximum atomic E-state index is 10.2.